The molecule has 4 nitrogen and oxygen atoms in total. The van der Waals surface area contributed by atoms with E-state index in [0.717, 1.165) is 0 Å². The van der Waals surface area contributed by atoms with Gasteiger partial charge >= 0.3 is 6.18 Å². The minimum Gasteiger partial charge on any atom is -0.395 e. The highest BCUT2D eigenvalue weighted by Crippen LogP contribution is 2.33. The number of hydrogen-bond donors (Lipinski definition) is 1. The lowest BCUT2D eigenvalue weighted by atomic mass is 10.2. The number of nitrogen functional groups attached to an aromatic ring is 1. The van der Waals surface area contributed by atoms with Crippen molar-refractivity contribution < 1.29 is 13.2 Å². The maximum Gasteiger partial charge on any atom is 0.420 e. The third kappa shape index (κ3) is 1.17. The van der Waals surface area contributed by atoms with Crippen LogP contribution in [0.3, 0.4) is 0 Å². The number of aromatic nitrogens is 3. The van der Waals surface area contributed by atoms with Gasteiger partial charge in [0.15, 0.2) is 5.65 Å². The summed E-state index contributed by atoms with van der Waals surface area (Å²) >= 11 is 0. The van der Waals surface area contributed by atoms with Gasteiger partial charge in [0.2, 0.25) is 0 Å². The van der Waals surface area contributed by atoms with Gasteiger partial charge in [0.25, 0.3) is 0 Å². The summed E-state index contributed by atoms with van der Waals surface area (Å²) in [5.74, 6) is 0. The molecule has 0 spiro atoms. The molecule has 0 aliphatic rings. The zero-order chi connectivity index (χ0) is 10.3. The van der Waals surface area contributed by atoms with Gasteiger partial charge in [-0.25, -0.2) is 9.50 Å². The van der Waals surface area contributed by atoms with E-state index in [1.54, 1.807) is 0 Å². The summed E-state index contributed by atoms with van der Waals surface area (Å²) in [6, 6.07) is 0. The molecule has 0 aliphatic carbocycles. The van der Waals surface area contributed by atoms with E-state index in [-0.39, 0.29) is 5.65 Å². The van der Waals surface area contributed by atoms with Gasteiger partial charge in [0.05, 0.1) is 11.9 Å². The quantitative estimate of drug-likeness (QED) is 0.701. The number of anilines is 1. The third-order valence-corrected chi connectivity index (χ3v) is 1.77. The number of hydrogen-bond acceptors (Lipinski definition) is 3. The van der Waals surface area contributed by atoms with Gasteiger partial charge in [-0.05, 0) is 0 Å². The summed E-state index contributed by atoms with van der Waals surface area (Å²) in [4.78, 5) is 3.67. The predicted molar refractivity (Wildman–Crippen MR) is 42.4 cm³/mol. The Hall–Kier alpha value is -1.79. The summed E-state index contributed by atoms with van der Waals surface area (Å²) in [7, 11) is 0. The molecule has 0 saturated carbocycles. The minimum atomic E-state index is -4.50. The highest BCUT2D eigenvalue weighted by atomic mass is 19.4. The molecular formula is C7H5F3N4. The van der Waals surface area contributed by atoms with E-state index in [2.05, 4.69) is 10.1 Å². The van der Waals surface area contributed by atoms with Gasteiger partial charge in [-0.3, -0.25) is 0 Å². The Morgan fingerprint density at radius 1 is 1.36 bits per heavy atom. The van der Waals surface area contributed by atoms with Crippen molar-refractivity contribution >= 4 is 11.3 Å². The first-order chi connectivity index (χ1) is 6.50. The maximum atomic E-state index is 12.3. The van der Waals surface area contributed by atoms with Gasteiger partial charge in [0.1, 0.15) is 5.56 Å². The number of imidazole rings is 1. The highest BCUT2D eigenvalue weighted by molar-refractivity contribution is 5.68. The Labute approximate surface area is 76.2 Å². The molecule has 2 aromatic rings. The number of nitrogens with zero attached hydrogens (tertiary/aromatic N) is 3. The smallest absolute Gasteiger partial charge is 0.395 e. The zero-order valence-electron chi connectivity index (χ0n) is 6.78. The van der Waals surface area contributed by atoms with Crippen LogP contribution in [0.5, 0.6) is 0 Å². The summed E-state index contributed by atoms with van der Waals surface area (Å²) in [6.07, 6.45) is -1.06. The van der Waals surface area contributed by atoms with Gasteiger partial charge in [0, 0.05) is 12.4 Å². The van der Waals surface area contributed by atoms with Crippen LogP contribution in [0.1, 0.15) is 5.56 Å². The molecule has 0 radical (unpaired) electrons. The SMILES string of the molecule is Nc1c(C(F)(F)F)cnn2ccnc12. The number of fused-ring (bicyclic) bond motifs is 1. The van der Waals surface area contributed by atoms with E-state index < -0.39 is 17.4 Å². The Balaban J connectivity index is 2.74. The van der Waals surface area contributed by atoms with Crippen LogP contribution in [-0.2, 0) is 6.18 Å². The second kappa shape index (κ2) is 2.60. The molecule has 0 aliphatic heterocycles. The standard InChI is InChI=1S/C7H5F3N4/c8-7(9,10)4-3-13-14-2-1-12-6(14)5(4)11/h1-3H,11H2. The Morgan fingerprint density at radius 2 is 2.07 bits per heavy atom. The van der Waals surface area contributed by atoms with Crippen molar-refractivity contribution in [1.29, 1.82) is 0 Å². The third-order valence-electron chi connectivity index (χ3n) is 1.77. The van der Waals surface area contributed by atoms with E-state index in [9.17, 15) is 13.2 Å². The normalized spacial score (nSPS) is 12.2. The fourth-order valence-electron chi connectivity index (χ4n) is 1.12. The van der Waals surface area contributed by atoms with Crippen LogP contribution in [-0.4, -0.2) is 14.6 Å². The molecule has 0 aromatic carbocycles. The van der Waals surface area contributed by atoms with E-state index in [1.165, 1.54) is 16.9 Å². The van der Waals surface area contributed by atoms with E-state index in [4.69, 9.17) is 5.73 Å². The molecule has 2 heterocycles. The van der Waals surface area contributed by atoms with Crippen LogP contribution < -0.4 is 5.73 Å². The number of rotatable bonds is 0. The lowest BCUT2D eigenvalue weighted by Crippen LogP contribution is -2.11. The summed E-state index contributed by atoms with van der Waals surface area (Å²) in [5, 5.41) is 3.52. The van der Waals surface area contributed by atoms with Crippen molar-refractivity contribution in [3.05, 3.63) is 24.2 Å². The molecular weight excluding hydrogens is 197 g/mol. The average molecular weight is 202 g/mol. The van der Waals surface area contributed by atoms with Crippen molar-refractivity contribution in [3.63, 3.8) is 0 Å². The first kappa shape index (κ1) is 8.79. The van der Waals surface area contributed by atoms with Crippen molar-refractivity contribution in [2.45, 2.75) is 6.18 Å². The molecule has 2 rings (SSSR count). The van der Waals surface area contributed by atoms with Crippen LogP contribution in [0.2, 0.25) is 0 Å². The highest BCUT2D eigenvalue weighted by Gasteiger charge is 2.34. The molecule has 74 valence electrons. The number of alkyl halides is 3. The summed E-state index contributed by atoms with van der Waals surface area (Å²) in [5.41, 5.74) is 3.95. The molecule has 0 bridgehead atoms. The Kier molecular flexibility index (Phi) is 1.63. The molecule has 0 fully saturated rings. The molecule has 2 aromatic heterocycles. The van der Waals surface area contributed by atoms with Crippen LogP contribution in [0.25, 0.3) is 5.65 Å². The molecule has 0 saturated heterocycles. The van der Waals surface area contributed by atoms with E-state index >= 15 is 0 Å². The second-order valence-corrected chi connectivity index (χ2v) is 2.67. The van der Waals surface area contributed by atoms with Crippen molar-refractivity contribution in [3.8, 4) is 0 Å². The summed E-state index contributed by atoms with van der Waals surface area (Å²) < 4.78 is 38.2. The van der Waals surface area contributed by atoms with E-state index in [1.807, 2.05) is 0 Å². The van der Waals surface area contributed by atoms with Crippen molar-refractivity contribution in [2.24, 2.45) is 0 Å². The molecule has 7 heteroatoms. The maximum absolute atomic E-state index is 12.3. The van der Waals surface area contributed by atoms with Crippen LogP contribution in [0.4, 0.5) is 18.9 Å². The molecule has 0 unspecified atom stereocenters. The lowest BCUT2D eigenvalue weighted by molar-refractivity contribution is -0.137. The second-order valence-electron chi connectivity index (χ2n) is 2.67. The first-order valence-corrected chi connectivity index (χ1v) is 3.65. The van der Waals surface area contributed by atoms with Crippen LogP contribution >= 0.6 is 0 Å². The molecule has 0 amide bonds. The fraction of sp³-hybridized carbons (Fsp3) is 0.143. The van der Waals surface area contributed by atoms with Gasteiger partial charge in [-0.1, -0.05) is 0 Å². The zero-order valence-corrected chi connectivity index (χ0v) is 6.78. The fourth-order valence-corrected chi connectivity index (χ4v) is 1.12. The monoisotopic (exact) mass is 202 g/mol. The van der Waals surface area contributed by atoms with Crippen LogP contribution in [0, 0.1) is 0 Å². The number of nitrogens with two attached hydrogens (primary N) is 1. The van der Waals surface area contributed by atoms with Crippen molar-refractivity contribution in [2.75, 3.05) is 5.73 Å². The average Bonchev–Trinajstić information content (AvgIpc) is 2.50. The summed E-state index contributed by atoms with van der Waals surface area (Å²) in [6.45, 7) is 0. The van der Waals surface area contributed by atoms with Crippen LogP contribution in [0.15, 0.2) is 18.6 Å². The topological polar surface area (TPSA) is 56.2 Å². The van der Waals surface area contributed by atoms with Crippen molar-refractivity contribution in [1.82, 2.24) is 14.6 Å². The first-order valence-electron chi connectivity index (χ1n) is 3.65. The molecule has 14 heavy (non-hydrogen) atoms. The number of halogens is 3. The van der Waals surface area contributed by atoms with Gasteiger partial charge < -0.3 is 5.73 Å². The lowest BCUT2D eigenvalue weighted by Gasteiger charge is -2.09. The van der Waals surface area contributed by atoms with Gasteiger partial charge in [-0.2, -0.15) is 18.3 Å². The minimum absolute atomic E-state index is 0.0137. The largest absolute Gasteiger partial charge is 0.420 e. The Bertz CT molecular complexity index is 473. The predicted octanol–water partition coefficient (Wildman–Crippen LogP) is 1.33. The Morgan fingerprint density at radius 3 is 2.71 bits per heavy atom. The van der Waals surface area contributed by atoms with Gasteiger partial charge in [-0.15, -0.1) is 0 Å². The molecule has 2 N–H and O–H groups in total. The van der Waals surface area contributed by atoms with E-state index in [0.29, 0.717) is 6.20 Å². The molecule has 0 atom stereocenters.